The van der Waals surface area contributed by atoms with E-state index in [4.69, 9.17) is 0 Å². The van der Waals surface area contributed by atoms with Crippen molar-refractivity contribution >= 4 is 41.7 Å². The Labute approximate surface area is 169 Å². The monoisotopic (exact) mass is 467 g/mol. The Kier molecular flexibility index (Phi) is 9.50. The first-order valence-corrected chi connectivity index (χ1v) is 10.5. The zero-order chi connectivity index (χ0) is 15.9. The van der Waals surface area contributed by atoms with Crippen LogP contribution in [0, 0.1) is 5.92 Å². The Balaban J connectivity index is 0.00000208. The Morgan fingerprint density at radius 3 is 2.54 bits per heavy atom. The second-order valence-corrected chi connectivity index (χ2v) is 8.26. The number of rotatable bonds is 5. The molecule has 7 heteroatoms. The number of guanidine groups is 1. The average molecular weight is 467 g/mol. The Morgan fingerprint density at radius 2 is 1.83 bits per heavy atom. The van der Waals surface area contributed by atoms with Crippen LogP contribution in [-0.4, -0.2) is 98.1 Å². The van der Waals surface area contributed by atoms with E-state index < -0.39 is 0 Å². The summed E-state index contributed by atoms with van der Waals surface area (Å²) in [6.07, 6.45) is 4.11. The van der Waals surface area contributed by atoms with Crippen LogP contribution >= 0.6 is 35.7 Å². The lowest BCUT2D eigenvalue weighted by atomic mass is 10.1. The molecule has 3 rings (SSSR count). The summed E-state index contributed by atoms with van der Waals surface area (Å²) in [5.41, 5.74) is 0. The van der Waals surface area contributed by atoms with Gasteiger partial charge in [0, 0.05) is 64.4 Å². The molecule has 0 saturated carbocycles. The summed E-state index contributed by atoms with van der Waals surface area (Å²) in [5, 5.41) is 3.59. The normalized spacial score (nSPS) is 26.6. The third-order valence-electron chi connectivity index (χ3n) is 5.33. The van der Waals surface area contributed by atoms with Crippen molar-refractivity contribution in [2.45, 2.75) is 19.3 Å². The predicted molar refractivity (Wildman–Crippen MR) is 116 cm³/mol. The van der Waals surface area contributed by atoms with E-state index in [0.29, 0.717) is 0 Å². The molecule has 0 radical (unpaired) electrons. The van der Waals surface area contributed by atoms with Crippen LogP contribution in [0.4, 0.5) is 0 Å². The van der Waals surface area contributed by atoms with E-state index in [1.807, 2.05) is 7.05 Å². The van der Waals surface area contributed by atoms with Gasteiger partial charge in [0.25, 0.3) is 0 Å². The number of thioether (sulfide) groups is 1. The zero-order valence-corrected chi connectivity index (χ0v) is 18.2. The predicted octanol–water partition coefficient (Wildman–Crippen LogP) is 1.65. The van der Waals surface area contributed by atoms with E-state index in [-0.39, 0.29) is 24.0 Å². The van der Waals surface area contributed by atoms with Crippen molar-refractivity contribution in [2.75, 3.05) is 77.5 Å². The second kappa shape index (κ2) is 11.1. The van der Waals surface area contributed by atoms with E-state index >= 15 is 0 Å². The summed E-state index contributed by atoms with van der Waals surface area (Å²) in [4.78, 5) is 12.2. The summed E-state index contributed by atoms with van der Waals surface area (Å²) in [7, 11) is 1.92. The summed E-state index contributed by atoms with van der Waals surface area (Å²) in [6.45, 7) is 10.9. The molecule has 0 aromatic carbocycles. The molecule has 0 bridgehead atoms. The van der Waals surface area contributed by atoms with Crippen LogP contribution in [0.15, 0.2) is 4.99 Å². The third-order valence-corrected chi connectivity index (χ3v) is 6.27. The van der Waals surface area contributed by atoms with Crippen molar-refractivity contribution in [3.8, 4) is 0 Å². The fourth-order valence-electron chi connectivity index (χ4n) is 3.99. The lowest BCUT2D eigenvalue weighted by Crippen LogP contribution is -2.44. The molecular weight excluding hydrogens is 433 g/mol. The summed E-state index contributed by atoms with van der Waals surface area (Å²) in [5.74, 6) is 4.52. The highest BCUT2D eigenvalue weighted by atomic mass is 127. The number of nitrogens with one attached hydrogen (secondary N) is 1. The van der Waals surface area contributed by atoms with Gasteiger partial charge in [-0.25, -0.2) is 0 Å². The summed E-state index contributed by atoms with van der Waals surface area (Å²) in [6, 6.07) is 0. The van der Waals surface area contributed by atoms with E-state index in [1.165, 1.54) is 76.6 Å². The molecule has 1 N–H and O–H groups in total. The van der Waals surface area contributed by atoms with Crippen molar-refractivity contribution in [1.82, 2.24) is 20.0 Å². The number of hydrogen-bond donors (Lipinski definition) is 1. The lowest BCUT2D eigenvalue weighted by Gasteiger charge is -2.27. The molecule has 0 amide bonds. The van der Waals surface area contributed by atoms with Gasteiger partial charge in [0.1, 0.15) is 0 Å². The quantitative estimate of drug-likeness (QED) is 0.378. The van der Waals surface area contributed by atoms with Gasteiger partial charge >= 0.3 is 0 Å². The molecule has 0 spiro atoms. The van der Waals surface area contributed by atoms with Gasteiger partial charge in [0.05, 0.1) is 0 Å². The number of halogens is 1. The van der Waals surface area contributed by atoms with Crippen molar-refractivity contribution < 1.29 is 0 Å². The van der Waals surface area contributed by atoms with E-state index in [1.54, 1.807) is 0 Å². The van der Waals surface area contributed by atoms with Crippen molar-refractivity contribution in [3.05, 3.63) is 0 Å². The maximum atomic E-state index is 4.51. The Morgan fingerprint density at radius 1 is 1.08 bits per heavy atom. The minimum atomic E-state index is 0. The number of aliphatic imine (C=N–C) groups is 1. The van der Waals surface area contributed by atoms with Gasteiger partial charge < -0.3 is 15.1 Å². The molecule has 3 heterocycles. The Hall–Kier alpha value is 0.270. The minimum Gasteiger partial charge on any atom is -0.355 e. The van der Waals surface area contributed by atoms with Crippen molar-refractivity contribution in [1.29, 1.82) is 0 Å². The molecule has 3 aliphatic heterocycles. The number of hydrogen-bond acceptors (Lipinski definition) is 4. The molecule has 0 aromatic heterocycles. The standard InChI is InChI=1S/C17H33N5S.HI/c1-18-17(19-5-9-20-10-12-23-13-11-20)22-8-4-16(15-22)14-21-6-2-3-7-21;/h16H,2-15H2,1H3,(H,18,19);1H. The van der Waals surface area contributed by atoms with Gasteiger partial charge in [0.2, 0.25) is 0 Å². The molecule has 140 valence electrons. The maximum absolute atomic E-state index is 4.51. The van der Waals surface area contributed by atoms with Crippen molar-refractivity contribution in [3.63, 3.8) is 0 Å². The van der Waals surface area contributed by atoms with Crippen molar-refractivity contribution in [2.24, 2.45) is 10.9 Å². The molecule has 3 fully saturated rings. The van der Waals surface area contributed by atoms with Crippen LogP contribution in [0.5, 0.6) is 0 Å². The van der Waals surface area contributed by atoms with Crippen LogP contribution in [0.3, 0.4) is 0 Å². The molecule has 5 nitrogen and oxygen atoms in total. The van der Waals surface area contributed by atoms with Crippen LogP contribution < -0.4 is 5.32 Å². The maximum Gasteiger partial charge on any atom is 0.193 e. The van der Waals surface area contributed by atoms with Crippen LogP contribution in [0.1, 0.15) is 19.3 Å². The topological polar surface area (TPSA) is 34.1 Å². The molecule has 3 aliphatic rings. The summed E-state index contributed by atoms with van der Waals surface area (Å²) >= 11 is 2.08. The number of likely N-dealkylation sites (tertiary alicyclic amines) is 2. The lowest BCUT2D eigenvalue weighted by molar-refractivity contribution is 0.280. The largest absolute Gasteiger partial charge is 0.355 e. The first-order chi connectivity index (χ1) is 11.3. The van der Waals surface area contributed by atoms with Gasteiger partial charge in [0.15, 0.2) is 5.96 Å². The van der Waals surface area contributed by atoms with Gasteiger partial charge in [-0.1, -0.05) is 0 Å². The first kappa shape index (κ1) is 20.6. The molecule has 3 saturated heterocycles. The van der Waals surface area contributed by atoms with Gasteiger partial charge in [-0.05, 0) is 38.3 Å². The van der Waals surface area contributed by atoms with Crippen LogP contribution in [0.25, 0.3) is 0 Å². The Bertz CT molecular complexity index is 383. The van der Waals surface area contributed by atoms with E-state index in [2.05, 4.69) is 36.8 Å². The molecule has 1 atom stereocenters. The molecule has 0 aromatic rings. The average Bonchev–Trinajstić information content (AvgIpc) is 3.25. The van der Waals surface area contributed by atoms with Gasteiger partial charge in [-0.2, -0.15) is 11.8 Å². The fraction of sp³-hybridized carbons (Fsp3) is 0.941. The van der Waals surface area contributed by atoms with Crippen LogP contribution in [-0.2, 0) is 0 Å². The third kappa shape index (κ3) is 6.21. The summed E-state index contributed by atoms with van der Waals surface area (Å²) < 4.78 is 0. The zero-order valence-electron chi connectivity index (χ0n) is 15.1. The highest BCUT2D eigenvalue weighted by Crippen LogP contribution is 2.19. The highest BCUT2D eigenvalue weighted by Gasteiger charge is 2.27. The number of nitrogens with zero attached hydrogens (tertiary/aromatic N) is 4. The fourth-order valence-corrected chi connectivity index (χ4v) is 4.97. The van der Waals surface area contributed by atoms with E-state index in [0.717, 1.165) is 25.0 Å². The SMILES string of the molecule is CN=C(NCCN1CCSCC1)N1CCC(CN2CCCC2)C1.I. The highest BCUT2D eigenvalue weighted by molar-refractivity contribution is 14.0. The molecule has 24 heavy (non-hydrogen) atoms. The van der Waals surface area contributed by atoms with Gasteiger partial charge in [-0.3, -0.25) is 9.89 Å². The smallest absolute Gasteiger partial charge is 0.193 e. The molecule has 1 unspecified atom stereocenters. The van der Waals surface area contributed by atoms with Gasteiger partial charge in [-0.15, -0.1) is 24.0 Å². The second-order valence-electron chi connectivity index (χ2n) is 7.04. The molecule has 0 aliphatic carbocycles. The van der Waals surface area contributed by atoms with E-state index in [9.17, 15) is 0 Å². The van der Waals surface area contributed by atoms with Crippen LogP contribution in [0.2, 0.25) is 0 Å². The minimum absolute atomic E-state index is 0. The molecular formula is C17H34IN5S. The first-order valence-electron chi connectivity index (χ1n) is 9.33.